The molecule has 0 atom stereocenters. The summed E-state index contributed by atoms with van der Waals surface area (Å²) >= 11 is 0. The molecule has 0 aromatic heterocycles. The van der Waals surface area contributed by atoms with Crippen molar-refractivity contribution in [3.63, 3.8) is 0 Å². The van der Waals surface area contributed by atoms with Gasteiger partial charge in [0, 0.05) is 13.0 Å². The first-order valence-electron chi connectivity index (χ1n) is 4.51. The van der Waals surface area contributed by atoms with Crippen LogP contribution in [0.2, 0.25) is 0 Å². The summed E-state index contributed by atoms with van der Waals surface area (Å²) in [4.78, 5) is 13.1. The van der Waals surface area contributed by atoms with Crippen LogP contribution in [0.3, 0.4) is 0 Å². The van der Waals surface area contributed by atoms with Crippen molar-refractivity contribution in [2.45, 2.75) is 32.6 Å². The van der Waals surface area contributed by atoms with Crippen molar-refractivity contribution < 1.29 is 4.79 Å². The molecule has 0 unspecified atom stereocenters. The minimum Gasteiger partial charge on any atom is -0.303 e. The molecular weight excluding hydrogens is 138 g/mol. The minimum absolute atomic E-state index is 0.315. The van der Waals surface area contributed by atoms with E-state index in [1.54, 1.807) is 6.92 Å². The Balaban J connectivity index is 2.09. The molecule has 0 bridgehead atoms. The zero-order valence-corrected chi connectivity index (χ0v) is 7.31. The fourth-order valence-electron chi connectivity index (χ4n) is 1.50. The molecule has 1 fully saturated rings. The predicted octanol–water partition coefficient (Wildman–Crippen LogP) is 1.45. The third-order valence-corrected chi connectivity index (χ3v) is 2.23. The molecule has 0 aromatic carbocycles. The lowest BCUT2D eigenvalue weighted by atomic mass is 10.1. The molecule has 0 aromatic rings. The van der Waals surface area contributed by atoms with Gasteiger partial charge in [0.2, 0.25) is 0 Å². The molecule has 0 amide bonds. The number of Topliss-reactive ketones (excluding diaryl/α,β-unsaturated/α-hetero) is 1. The second-order valence-corrected chi connectivity index (χ2v) is 3.35. The standard InChI is InChI=1S/C9H17NO/c1-9(11)5-8-10-6-3-2-4-7-10/h2-8H2,1H3. The highest BCUT2D eigenvalue weighted by atomic mass is 16.1. The van der Waals surface area contributed by atoms with Gasteiger partial charge in [-0.1, -0.05) is 6.42 Å². The van der Waals surface area contributed by atoms with E-state index in [-0.39, 0.29) is 0 Å². The SMILES string of the molecule is CC(=O)CCN1CCCCC1. The molecule has 1 saturated heterocycles. The zero-order valence-electron chi connectivity index (χ0n) is 7.31. The highest BCUT2D eigenvalue weighted by Gasteiger charge is 2.09. The van der Waals surface area contributed by atoms with Crippen LogP contribution < -0.4 is 0 Å². The van der Waals surface area contributed by atoms with E-state index in [4.69, 9.17) is 0 Å². The van der Waals surface area contributed by atoms with Gasteiger partial charge >= 0.3 is 0 Å². The van der Waals surface area contributed by atoms with Crippen LogP contribution in [-0.4, -0.2) is 30.3 Å². The monoisotopic (exact) mass is 155 g/mol. The van der Waals surface area contributed by atoms with E-state index in [0.29, 0.717) is 5.78 Å². The summed E-state index contributed by atoms with van der Waals surface area (Å²) in [5.41, 5.74) is 0. The Kier molecular flexibility index (Phi) is 3.57. The van der Waals surface area contributed by atoms with Crippen LogP contribution in [0.15, 0.2) is 0 Å². The number of nitrogens with zero attached hydrogens (tertiary/aromatic N) is 1. The van der Waals surface area contributed by atoms with Crippen molar-refractivity contribution in [1.29, 1.82) is 0 Å². The van der Waals surface area contributed by atoms with Crippen LogP contribution in [0.1, 0.15) is 32.6 Å². The number of rotatable bonds is 3. The van der Waals surface area contributed by atoms with Crippen molar-refractivity contribution in [1.82, 2.24) is 4.90 Å². The maximum absolute atomic E-state index is 10.7. The van der Waals surface area contributed by atoms with E-state index >= 15 is 0 Å². The molecule has 0 aliphatic carbocycles. The van der Waals surface area contributed by atoms with Gasteiger partial charge in [0.05, 0.1) is 0 Å². The Labute approximate surface area is 68.6 Å². The van der Waals surface area contributed by atoms with Crippen LogP contribution in [0, 0.1) is 0 Å². The first-order chi connectivity index (χ1) is 5.29. The summed E-state index contributed by atoms with van der Waals surface area (Å²) in [6.07, 6.45) is 4.74. The minimum atomic E-state index is 0.315. The fraction of sp³-hybridized carbons (Fsp3) is 0.889. The van der Waals surface area contributed by atoms with Crippen LogP contribution in [-0.2, 0) is 4.79 Å². The average molecular weight is 155 g/mol. The zero-order chi connectivity index (χ0) is 8.10. The Bertz CT molecular complexity index is 128. The van der Waals surface area contributed by atoms with Gasteiger partial charge in [0.25, 0.3) is 0 Å². The summed E-state index contributed by atoms with van der Waals surface area (Å²) in [7, 11) is 0. The van der Waals surface area contributed by atoms with Crippen molar-refractivity contribution >= 4 is 5.78 Å². The topological polar surface area (TPSA) is 20.3 Å². The van der Waals surface area contributed by atoms with Crippen molar-refractivity contribution in [3.8, 4) is 0 Å². The molecule has 0 saturated carbocycles. The van der Waals surface area contributed by atoms with Crippen LogP contribution >= 0.6 is 0 Å². The van der Waals surface area contributed by atoms with E-state index in [0.717, 1.165) is 13.0 Å². The fourth-order valence-corrected chi connectivity index (χ4v) is 1.50. The maximum atomic E-state index is 10.7. The van der Waals surface area contributed by atoms with Crippen molar-refractivity contribution in [2.24, 2.45) is 0 Å². The van der Waals surface area contributed by atoms with Crippen molar-refractivity contribution in [2.75, 3.05) is 19.6 Å². The van der Waals surface area contributed by atoms with E-state index in [2.05, 4.69) is 4.90 Å². The Morgan fingerprint density at radius 3 is 2.45 bits per heavy atom. The molecule has 1 rings (SSSR count). The maximum Gasteiger partial charge on any atom is 0.131 e. The number of hydrogen-bond acceptors (Lipinski definition) is 2. The number of ketones is 1. The predicted molar refractivity (Wildman–Crippen MR) is 45.6 cm³/mol. The van der Waals surface area contributed by atoms with Gasteiger partial charge in [-0.3, -0.25) is 4.79 Å². The molecule has 1 aliphatic rings. The Morgan fingerprint density at radius 2 is 1.91 bits per heavy atom. The number of carbonyl (C=O) groups excluding carboxylic acids is 1. The highest BCUT2D eigenvalue weighted by Crippen LogP contribution is 2.08. The van der Waals surface area contributed by atoms with Gasteiger partial charge in [0.1, 0.15) is 5.78 Å². The molecule has 11 heavy (non-hydrogen) atoms. The summed E-state index contributed by atoms with van der Waals surface area (Å²) < 4.78 is 0. The first-order valence-corrected chi connectivity index (χ1v) is 4.51. The largest absolute Gasteiger partial charge is 0.303 e. The molecule has 2 nitrogen and oxygen atoms in total. The molecule has 1 aliphatic heterocycles. The second-order valence-electron chi connectivity index (χ2n) is 3.35. The Morgan fingerprint density at radius 1 is 1.27 bits per heavy atom. The second kappa shape index (κ2) is 4.50. The summed E-state index contributed by atoms with van der Waals surface area (Å²) in [5, 5.41) is 0. The third kappa shape index (κ3) is 3.51. The number of likely N-dealkylation sites (tertiary alicyclic amines) is 1. The quantitative estimate of drug-likeness (QED) is 0.615. The number of piperidine rings is 1. The van der Waals surface area contributed by atoms with Gasteiger partial charge in [-0.2, -0.15) is 0 Å². The van der Waals surface area contributed by atoms with E-state index in [9.17, 15) is 4.79 Å². The summed E-state index contributed by atoms with van der Waals surface area (Å²) in [6, 6.07) is 0. The summed E-state index contributed by atoms with van der Waals surface area (Å²) in [5.74, 6) is 0.315. The highest BCUT2D eigenvalue weighted by molar-refractivity contribution is 5.75. The average Bonchev–Trinajstić information content (AvgIpc) is 2.03. The van der Waals surface area contributed by atoms with Gasteiger partial charge in [-0.05, 0) is 32.9 Å². The Hall–Kier alpha value is -0.370. The van der Waals surface area contributed by atoms with E-state index in [1.807, 2.05) is 0 Å². The number of carbonyl (C=O) groups is 1. The van der Waals surface area contributed by atoms with Gasteiger partial charge in [0.15, 0.2) is 0 Å². The van der Waals surface area contributed by atoms with E-state index < -0.39 is 0 Å². The van der Waals surface area contributed by atoms with Gasteiger partial charge in [-0.15, -0.1) is 0 Å². The van der Waals surface area contributed by atoms with Crippen LogP contribution in [0.5, 0.6) is 0 Å². The first kappa shape index (κ1) is 8.72. The normalized spacial score (nSPS) is 20.1. The lowest BCUT2D eigenvalue weighted by Crippen LogP contribution is -2.31. The van der Waals surface area contributed by atoms with Crippen LogP contribution in [0.4, 0.5) is 0 Å². The number of hydrogen-bond donors (Lipinski definition) is 0. The smallest absolute Gasteiger partial charge is 0.131 e. The third-order valence-electron chi connectivity index (χ3n) is 2.23. The molecule has 64 valence electrons. The molecule has 0 radical (unpaired) electrons. The van der Waals surface area contributed by atoms with E-state index in [1.165, 1.54) is 32.4 Å². The summed E-state index contributed by atoms with van der Waals surface area (Å²) in [6.45, 7) is 5.06. The molecular formula is C9H17NO. The lowest BCUT2D eigenvalue weighted by molar-refractivity contribution is -0.117. The molecule has 0 spiro atoms. The molecule has 0 N–H and O–H groups in total. The van der Waals surface area contributed by atoms with Gasteiger partial charge < -0.3 is 4.90 Å². The molecule has 1 heterocycles. The van der Waals surface area contributed by atoms with Crippen LogP contribution in [0.25, 0.3) is 0 Å². The lowest BCUT2D eigenvalue weighted by Gasteiger charge is -2.25. The molecule has 2 heteroatoms. The van der Waals surface area contributed by atoms with Gasteiger partial charge in [-0.25, -0.2) is 0 Å². The van der Waals surface area contributed by atoms with Crippen molar-refractivity contribution in [3.05, 3.63) is 0 Å².